The van der Waals surface area contributed by atoms with Crippen LogP contribution in [0.4, 0.5) is 11.5 Å². The van der Waals surface area contributed by atoms with Crippen molar-refractivity contribution in [2.75, 3.05) is 5.32 Å². The van der Waals surface area contributed by atoms with Crippen molar-refractivity contribution in [3.8, 4) is 11.1 Å². The maximum atomic E-state index is 6.19. The molecule has 0 aliphatic heterocycles. The van der Waals surface area contributed by atoms with Crippen molar-refractivity contribution in [2.24, 2.45) is 0 Å². The van der Waals surface area contributed by atoms with Crippen molar-refractivity contribution >= 4 is 44.7 Å². The highest BCUT2D eigenvalue weighted by atomic mass is 35.5. The number of para-hydroxylation sites is 1. The third-order valence-electron chi connectivity index (χ3n) is 4.49. The van der Waals surface area contributed by atoms with E-state index in [2.05, 4.69) is 83.9 Å². The van der Waals surface area contributed by atoms with Gasteiger partial charge in [-0.15, -0.1) is 11.3 Å². The lowest BCUT2D eigenvalue weighted by Crippen LogP contribution is -2.00. The quantitative estimate of drug-likeness (QED) is 0.403. The van der Waals surface area contributed by atoms with Gasteiger partial charge in [-0.05, 0) is 49.1 Å². The van der Waals surface area contributed by atoms with E-state index in [1.54, 1.807) is 11.3 Å². The molecule has 2 heterocycles. The number of hydrogen-bond acceptors (Lipinski definition) is 4. The minimum Gasteiger partial charge on any atom is -0.339 e. The van der Waals surface area contributed by atoms with Gasteiger partial charge < -0.3 is 5.32 Å². The van der Waals surface area contributed by atoms with Crippen LogP contribution in [0.15, 0.2) is 47.8 Å². The molecule has 0 spiro atoms. The van der Waals surface area contributed by atoms with Crippen LogP contribution in [-0.4, -0.2) is 9.97 Å². The summed E-state index contributed by atoms with van der Waals surface area (Å²) in [6.45, 7) is 6.26. The molecule has 4 rings (SSSR count). The standard InChI is InChI=1S/C21H18ClN3S/c1-12-7-9-15(10-8-12)16-11-26-20-17(16)19(24-21(22)25-20)23-18-13(2)5-4-6-14(18)3/h4-11H,1-3H3,(H,23,24,25). The molecule has 0 saturated carbocycles. The zero-order valence-corrected chi connectivity index (χ0v) is 16.4. The van der Waals surface area contributed by atoms with Crippen LogP contribution in [0.5, 0.6) is 0 Å². The van der Waals surface area contributed by atoms with E-state index in [1.165, 1.54) is 16.7 Å². The highest BCUT2D eigenvalue weighted by molar-refractivity contribution is 7.17. The Morgan fingerprint density at radius 3 is 2.31 bits per heavy atom. The van der Waals surface area contributed by atoms with Crippen LogP contribution < -0.4 is 5.32 Å². The Kier molecular flexibility index (Phi) is 4.39. The summed E-state index contributed by atoms with van der Waals surface area (Å²) in [5.41, 5.74) is 6.90. The normalized spacial score (nSPS) is 11.1. The molecule has 130 valence electrons. The molecule has 0 fully saturated rings. The minimum absolute atomic E-state index is 0.253. The fraction of sp³-hybridized carbons (Fsp3) is 0.143. The Morgan fingerprint density at radius 1 is 0.923 bits per heavy atom. The molecule has 0 bridgehead atoms. The number of rotatable bonds is 3. The largest absolute Gasteiger partial charge is 0.339 e. The fourth-order valence-electron chi connectivity index (χ4n) is 3.08. The molecule has 0 saturated heterocycles. The number of nitrogens with zero attached hydrogens (tertiary/aromatic N) is 2. The average Bonchev–Trinajstić information content (AvgIpc) is 3.02. The summed E-state index contributed by atoms with van der Waals surface area (Å²) in [6, 6.07) is 14.7. The summed E-state index contributed by atoms with van der Waals surface area (Å²) in [6.07, 6.45) is 0. The third kappa shape index (κ3) is 3.06. The highest BCUT2D eigenvalue weighted by Gasteiger charge is 2.16. The molecule has 3 nitrogen and oxygen atoms in total. The summed E-state index contributed by atoms with van der Waals surface area (Å²) in [4.78, 5) is 9.81. The average molecular weight is 380 g/mol. The van der Waals surface area contributed by atoms with E-state index in [4.69, 9.17) is 11.6 Å². The van der Waals surface area contributed by atoms with Gasteiger partial charge in [0.2, 0.25) is 5.28 Å². The number of aryl methyl sites for hydroxylation is 3. The van der Waals surface area contributed by atoms with Gasteiger partial charge >= 0.3 is 0 Å². The summed E-state index contributed by atoms with van der Waals surface area (Å²) in [7, 11) is 0. The predicted molar refractivity (Wildman–Crippen MR) is 112 cm³/mol. The van der Waals surface area contributed by atoms with E-state index >= 15 is 0 Å². The highest BCUT2D eigenvalue weighted by Crippen LogP contribution is 2.39. The number of anilines is 2. The molecule has 26 heavy (non-hydrogen) atoms. The summed E-state index contributed by atoms with van der Waals surface area (Å²) in [5, 5.41) is 6.88. The molecular weight excluding hydrogens is 362 g/mol. The van der Waals surface area contributed by atoms with Crippen LogP contribution in [0.25, 0.3) is 21.3 Å². The summed E-state index contributed by atoms with van der Waals surface area (Å²) in [5.74, 6) is 0.745. The third-order valence-corrected chi connectivity index (χ3v) is 5.53. The van der Waals surface area contributed by atoms with Gasteiger partial charge in [0.1, 0.15) is 10.6 Å². The first kappa shape index (κ1) is 17.0. The molecule has 5 heteroatoms. The molecule has 1 N–H and O–H groups in total. The van der Waals surface area contributed by atoms with E-state index in [0.717, 1.165) is 32.8 Å². The zero-order valence-electron chi connectivity index (χ0n) is 14.8. The van der Waals surface area contributed by atoms with Gasteiger partial charge in [-0.3, -0.25) is 0 Å². The number of thiophene rings is 1. The molecular formula is C21H18ClN3S. The molecule has 2 aromatic heterocycles. The first-order chi connectivity index (χ1) is 12.5. The van der Waals surface area contributed by atoms with Crippen molar-refractivity contribution in [1.82, 2.24) is 9.97 Å². The van der Waals surface area contributed by atoms with Gasteiger partial charge in [0, 0.05) is 16.6 Å². The van der Waals surface area contributed by atoms with Crippen molar-refractivity contribution in [3.63, 3.8) is 0 Å². The number of halogens is 1. The molecule has 2 aromatic carbocycles. The number of benzene rings is 2. The van der Waals surface area contributed by atoms with Crippen LogP contribution in [-0.2, 0) is 0 Å². The Morgan fingerprint density at radius 2 is 1.62 bits per heavy atom. The minimum atomic E-state index is 0.253. The van der Waals surface area contributed by atoms with Gasteiger partial charge in [0.25, 0.3) is 0 Å². The molecule has 0 atom stereocenters. The second kappa shape index (κ2) is 6.71. The topological polar surface area (TPSA) is 37.8 Å². The Bertz CT molecular complexity index is 1080. The lowest BCUT2D eigenvalue weighted by Gasteiger charge is -2.14. The molecule has 0 amide bonds. The van der Waals surface area contributed by atoms with Crippen molar-refractivity contribution in [3.05, 3.63) is 69.8 Å². The number of aromatic nitrogens is 2. The first-order valence-electron chi connectivity index (χ1n) is 8.38. The molecule has 0 aliphatic carbocycles. The predicted octanol–water partition coefficient (Wildman–Crippen LogP) is 6.68. The molecule has 0 radical (unpaired) electrons. The van der Waals surface area contributed by atoms with E-state index in [-0.39, 0.29) is 5.28 Å². The van der Waals surface area contributed by atoms with E-state index in [9.17, 15) is 0 Å². The van der Waals surface area contributed by atoms with Gasteiger partial charge in [-0.2, -0.15) is 4.98 Å². The van der Waals surface area contributed by atoms with Crippen LogP contribution in [0, 0.1) is 20.8 Å². The van der Waals surface area contributed by atoms with Crippen LogP contribution >= 0.6 is 22.9 Å². The Labute approximate surface area is 161 Å². The van der Waals surface area contributed by atoms with Crippen LogP contribution in [0.3, 0.4) is 0 Å². The number of fused-ring (bicyclic) bond motifs is 1. The molecule has 0 unspecified atom stereocenters. The van der Waals surface area contributed by atoms with Gasteiger partial charge in [0.05, 0.1) is 5.39 Å². The van der Waals surface area contributed by atoms with E-state index in [1.807, 2.05) is 0 Å². The zero-order chi connectivity index (χ0) is 18.3. The molecule has 4 aromatic rings. The van der Waals surface area contributed by atoms with E-state index in [0.29, 0.717) is 0 Å². The van der Waals surface area contributed by atoms with E-state index < -0.39 is 0 Å². The summed E-state index contributed by atoms with van der Waals surface area (Å²) < 4.78 is 0. The number of nitrogens with one attached hydrogen (secondary N) is 1. The fourth-order valence-corrected chi connectivity index (χ4v) is 4.25. The maximum absolute atomic E-state index is 6.19. The lowest BCUT2D eigenvalue weighted by molar-refractivity contribution is 1.22. The van der Waals surface area contributed by atoms with Crippen LogP contribution in [0.1, 0.15) is 16.7 Å². The van der Waals surface area contributed by atoms with Crippen molar-refractivity contribution in [2.45, 2.75) is 20.8 Å². The van der Waals surface area contributed by atoms with Crippen LogP contribution in [0.2, 0.25) is 5.28 Å². The molecule has 0 aliphatic rings. The van der Waals surface area contributed by atoms with Gasteiger partial charge in [-0.25, -0.2) is 4.98 Å². The monoisotopic (exact) mass is 379 g/mol. The first-order valence-corrected chi connectivity index (χ1v) is 9.63. The van der Waals surface area contributed by atoms with Gasteiger partial charge in [0.15, 0.2) is 0 Å². The van der Waals surface area contributed by atoms with Crippen molar-refractivity contribution in [1.29, 1.82) is 0 Å². The Hall–Kier alpha value is -2.43. The lowest BCUT2D eigenvalue weighted by atomic mass is 10.0. The number of hydrogen-bond donors (Lipinski definition) is 1. The second-order valence-electron chi connectivity index (χ2n) is 6.43. The Balaban J connectivity index is 1.91. The maximum Gasteiger partial charge on any atom is 0.225 e. The SMILES string of the molecule is Cc1ccc(-c2csc3nc(Cl)nc(Nc4c(C)cccc4C)c23)cc1. The summed E-state index contributed by atoms with van der Waals surface area (Å²) >= 11 is 7.77. The smallest absolute Gasteiger partial charge is 0.225 e. The second-order valence-corrected chi connectivity index (χ2v) is 7.62. The van der Waals surface area contributed by atoms with Gasteiger partial charge in [-0.1, -0.05) is 48.0 Å². The van der Waals surface area contributed by atoms with Crippen molar-refractivity contribution < 1.29 is 0 Å².